The Kier molecular flexibility index (Phi) is 5.30. The lowest BCUT2D eigenvalue weighted by Crippen LogP contribution is -2.42. The number of carbonyl (C=O) groups excluding carboxylic acids is 1. The highest BCUT2D eigenvalue weighted by molar-refractivity contribution is 5.82. The number of aliphatic carboxylic acids is 1. The van der Waals surface area contributed by atoms with Gasteiger partial charge in [-0.1, -0.05) is 54.6 Å². The topological polar surface area (TPSA) is 93.5 Å². The number of nitrogens with zero attached hydrogens (tertiary/aromatic N) is 2. The van der Waals surface area contributed by atoms with Gasteiger partial charge in [-0.25, -0.2) is 9.59 Å². The number of hydrogen-bond acceptors (Lipinski definition) is 4. The number of aryl methyl sites for hydroxylation is 1. The van der Waals surface area contributed by atoms with E-state index in [4.69, 9.17) is 4.74 Å². The SMILES string of the molecule is Cn1cc2cc(CC(NC(=O)OCC3c4ccccc4-c4ccccc43)C(=O)O)ccc2n1. The number of aromatic nitrogens is 2. The number of alkyl carbamates (subject to hydrolysis) is 1. The number of ether oxygens (including phenoxy) is 1. The van der Waals surface area contributed by atoms with E-state index in [2.05, 4.69) is 22.5 Å². The van der Waals surface area contributed by atoms with Crippen LogP contribution in [-0.4, -0.2) is 39.6 Å². The molecule has 0 saturated carbocycles. The molecule has 3 aromatic carbocycles. The van der Waals surface area contributed by atoms with Gasteiger partial charge in [0, 0.05) is 31.0 Å². The minimum Gasteiger partial charge on any atom is -0.480 e. The number of nitrogens with one attached hydrogen (secondary N) is 1. The monoisotopic (exact) mass is 441 g/mol. The average Bonchev–Trinajstić information content (AvgIpc) is 3.33. The van der Waals surface area contributed by atoms with Crippen molar-refractivity contribution in [1.29, 1.82) is 0 Å². The number of carboxylic acids is 1. The Bertz CT molecular complexity index is 1320. The molecule has 1 aromatic heterocycles. The Morgan fingerprint density at radius 2 is 1.73 bits per heavy atom. The molecule has 0 fully saturated rings. The van der Waals surface area contributed by atoms with Crippen LogP contribution >= 0.6 is 0 Å². The first kappa shape index (κ1) is 20.8. The molecule has 5 rings (SSSR count). The Morgan fingerprint density at radius 1 is 1.06 bits per heavy atom. The molecule has 0 saturated heterocycles. The lowest BCUT2D eigenvalue weighted by Gasteiger charge is -2.17. The summed E-state index contributed by atoms with van der Waals surface area (Å²) >= 11 is 0. The van der Waals surface area contributed by atoms with Gasteiger partial charge < -0.3 is 15.2 Å². The van der Waals surface area contributed by atoms with Crippen molar-refractivity contribution in [2.24, 2.45) is 7.05 Å². The van der Waals surface area contributed by atoms with Crippen LogP contribution in [0.3, 0.4) is 0 Å². The van der Waals surface area contributed by atoms with Crippen molar-refractivity contribution in [3.63, 3.8) is 0 Å². The zero-order valence-electron chi connectivity index (χ0n) is 18.1. The largest absolute Gasteiger partial charge is 0.480 e. The first-order valence-electron chi connectivity index (χ1n) is 10.8. The average molecular weight is 441 g/mol. The summed E-state index contributed by atoms with van der Waals surface area (Å²) in [6.07, 6.45) is 1.27. The summed E-state index contributed by atoms with van der Waals surface area (Å²) in [4.78, 5) is 24.3. The molecule has 0 radical (unpaired) electrons. The summed E-state index contributed by atoms with van der Waals surface area (Å²) < 4.78 is 7.21. The van der Waals surface area contributed by atoms with Crippen molar-refractivity contribution in [2.75, 3.05) is 6.61 Å². The Labute approximate surface area is 190 Å². The van der Waals surface area contributed by atoms with Crippen molar-refractivity contribution in [2.45, 2.75) is 18.4 Å². The Hall–Kier alpha value is -4.13. The third kappa shape index (κ3) is 4.05. The Balaban J connectivity index is 1.27. The smallest absolute Gasteiger partial charge is 0.407 e. The van der Waals surface area contributed by atoms with E-state index in [1.807, 2.05) is 67.8 Å². The molecule has 2 N–H and O–H groups in total. The second-order valence-electron chi connectivity index (χ2n) is 8.26. The molecule has 1 aliphatic rings. The maximum absolute atomic E-state index is 12.5. The lowest BCUT2D eigenvalue weighted by molar-refractivity contribution is -0.139. The van der Waals surface area contributed by atoms with Crippen molar-refractivity contribution in [3.05, 3.63) is 89.6 Å². The molecule has 0 aliphatic heterocycles. The maximum atomic E-state index is 12.5. The molecule has 1 unspecified atom stereocenters. The second kappa shape index (κ2) is 8.43. The first-order valence-corrected chi connectivity index (χ1v) is 10.8. The van der Waals surface area contributed by atoms with Crippen LogP contribution in [0.1, 0.15) is 22.6 Å². The van der Waals surface area contributed by atoms with Gasteiger partial charge in [0.25, 0.3) is 0 Å². The number of hydrogen-bond donors (Lipinski definition) is 2. The summed E-state index contributed by atoms with van der Waals surface area (Å²) in [5, 5.41) is 17.4. The fraction of sp³-hybridized carbons (Fsp3) is 0.192. The zero-order chi connectivity index (χ0) is 22.9. The summed E-state index contributed by atoms with van der Waals surface area (Å²) in [6.45, 7) is 0.133. The van der Waals surface area contributed by atoms with Gasteiger partial charge in [0.1, 0.15) is 12.6 Å². The van der Waals surface area contributed by atoms with Crippen LogP contribution in [0.2, 0.25) is 0 Å². The molecule has 166 valence electrons. The molecule has 7 nitrogen and oxygen atoms in total. The van der Waals surface area contributed by atoms with Gasteiger partial charge in [-0.05, 0) is 39.9 Å². The van der Waals surface area contributed by atoms with E-state index in [1.54, 1.807) is 4.68 Å². The lowest BCUT2D eigenvalue weighted by atomic mass is 9.98. The molecule has 33 heavy (non-hydrogen) atoms. The summed E-state index contributed by atoms with van der Waals surface area (Å²) in [5.41, 5.74) is 6.10. The van der Waals surface area contributed by atoms with Gasteiger partial charge in [0.05, 0.1) is 5.52 Å². The summed E-state index contributed by atoms with van der Waals surface area (Å²) in [5.74, 6) is -1.20. The normalized spacial score (nSPS) is 13.4. The van der Waals surface area contributed by atoms with E-state index in [9.17, 15) is 14.7 Å². The van der Waals surface area contributed by atoms with Crippen LogP contribution in [-0.2, 0) is 23.0 Å². The summed E-state index contributed by atoms with van der Waals surface area (Å²) in [7, 11) is 1.83. The molecule has 1 atom stereocenters. The van der Waals surface area contributed by atoms with E-state index in [0.29, 0.717) is 0 Å². The van der Waals surface area contributed by atoms with Gasteiger partial charge in [0.2, 0.25) is 0 Å². The highest BCUT2D eigenvalue weighted by Gasteiger charge is 2.29. The third-order valence-electron chi connectivity index (χ3n) is 6.06. The zero-order valence-corrected chi connectivity index (χ0v) is 18.1. The molecule has 1 aliphatic carbocycles. The maximum Gasteiger partial charge on any atom is 0.407 e. The summed E-state index contributed by atoms with van der Waals surface area (Å²) in [6, 6.07) is 20.6. The molecule has 1 heterocycles. The van der Waals surface area contributed by atoms with E-state index in [-0.39, 0.29) is 18.9 Å². The molecule has 4 aromatic rings. The van der Waals surface area contributed by atoms with Gasteiger partial charge in [-0.2, -0.15) is 5.10 Å². The minimum absolute atomic E-state index is 0.0839. The number of amides is 1. The molecule has 0 spiro atoms. The first-order chi connectivity index (χ1) is 16.0. The fourth-order valence-electron chi connectivity index (χ4n) is 4.54. The molecular formula is C26H23N3O4. The fourth-order valence-corrected chi connectivity index (χ4v) is 4.54. The van der Waals surface area contributed by atoms with Gasteiger partial charge in [-0.15, -0.1) is 0 Å². The molecule has 7 heteroatoms. The number of rotatable bonds is 6. The van der Waals surface area contributed by atoms with Gasteiger partial charge in [0.15, 0.2) is 0 Å². The van der Waals surface area contributed by atoms with Crippen LogP contribution < -0.4 is 5.32 Å². The van der Waals surface area contributed by atoms with Crippen LogP contribution in [0, 0.1) is 0 Å². The van der Waals surface area contributed by atoms with E-state index in [0.717, 1.165) is 38.7 Å². The van der Waals surface area contributed by atoms with Crippen LogP contribution in [0.15, 0.2) is 72.9 Å². The molecule has 1 amide bonds. The second-order valence-corrected chi connectivity index (χ2v) is 8.26. The van der Waals surface area contributed by atoms with Crippen LogP contribution in [0.5, 0.6) is 0 Å². The van der Waals surface area contributed by atoms with Crippen molar-refractivity contribution in [1.82, 2.24) is 15.1 Å². The highest BCUT2D eigenvalue weighted by atomic mass is 16.5. The highest BCUT2D eigenvalue weighted by Crippen LogP contribution is 2.44. The van der Waals surface area contributed by atoms with E-state index in [1.165, 1.54) is 0 Å². The number of benzene rings is 3. The van der Waals surface area contributed by atoms with E-state index < -0.39 is 18.1 Å². The van der Waals surface area contributed by atoms with Crippen LogP contribution in [0.25, 0.3) is 22.0 Å². The van der Waals surface area contributed by atoms with E-state index >= 15 is 0 Å². The van der Waals surface area contributed by atoms with Gasteiger partial charge in [-0.3, -0.25) is 4.68 Å². The van der Waals surface area contributed by atoms with Crippen molar-refractivity contribution < 1.29 is 19.4 Å². The molecular weight excluding hydrogens is 418 g/mol. The standard InChI is InChI=1S/C26H23N3O4/c1-29-14-17-12-16(10-11-23(17)28-29)13-24(25(30)31)27-26(32)33-15-22-20-8-4-2-6-18(20)19-7-3-5-9-21(19)22/h2-12,14,22,24H,13,15H2,1H3,(H,27,32)(H,30,31). The predicted molar refractivity (Wildman–Crippen MR) is 124 cm³/mol. The quantitative estimate of drug-likeness (QED) is 0.470. The van der Waals surface area contributed by atoms with Crippen molar-refractivity contribution in [3.8, 4) is 11.1 Å². The third-order valence-corrected chi connectivity index (χ3v) is 6.06. The number of carbonyl (C=O) groups is 2. The number of carboxylic acid groups (broad SMARTS) is 1. The Morgan fingerprint density at radius 3 is 2.39 bits per heavy atom. The molecule has 0 bridgehead atoms. The minimum atomic E-state index is -1.12. The number of fused-ring (bicyclic) bond motifs is 4. The van der Waals surface area contributed by atoms with Crippen molar-refractivity contribution >= 4 is 23.0 Å². The van der Waals surface area contributed by atoms with Crippen LogP contribution in [0.4, 0.5) is 4.79 Å². The predicted octanol–water partition coefficient (Wildman–Crippen LogP) is 4.11. The van der Waals surface area contributed by atoms with Gasteiger partial charge >= 0.3 is 12.1 Å².